The molecule has 1 aliphatic rings. The molecule has 4 aromatic rings. The standard InChI is InChI=1S/C27H26ClN3O3/c1-33-21-13-11-20(12-14-21)31-18-19(17-26(31)32)27-29-23-8-3-4-9-24(23)30(27)15-6-16-34-25-10-5-2-7-22(25)28/h2-5,7-14,19H,6,15-18H2,1H3. The highest BCUT2D eigenvalue weighted by Gasteiger charge is 2.34. The Morgan fingerprint density at radius 1 is 1.03 bits per heavy atom. The molecule has 1 amide bonds. The zero-order chi connectivity index (χ0) is 23.5. The van der Waals surface area contributed by atoms with Crippen LogP contribution in [0.1, 0.15) is 24.6 Å². The van der Waals surface area contributed by atoms with Crippen LogP contribution in [-0.2, 0) is 11.3 Å². The SMILES string of the molecule is COc1ccc(N2CC(c3nc4ccccc4n3CCCOc3ccccc3Cl)CC2=O)cc1. The van der Waals surface area contributed by atoms with E-state index in [9.17, 15) is 4.79 Å². The van der Waals surface area contributed by atoms with Gasteiger partial charge in [-0.15, -0.1) is 0 Å². The van der Waals surface area contributed by atoms with E-state index in [1.54, 1.807) is 7.11 Å². The van der Waals surface area contributed by atoms with Crippen molar-refractivity contribution in [1.82, 2.24) is 9.55 Å². The van der Waals surface area contributed by atoms with Gasteiger partial charge in [-0.3, -0.25) is 4.79 Å². The van der Waals surface area contributed by atoms with Gasteiger partial charge < -0.3 is 18.9 Å². The van der Waals surface area contributed by atoms with Crippen molar-refractivity contribution in [2.75, 3.05) is 25.2 Å². The third-order valence-electron chi connectivity index (χ3n) is 6.18. The lowest BCUT2D eigenvalue weighted by Gasteiger charge is -2.18. The molecule has 0 N–H and O–H groups in total. The quantitative estimate of drug-likeness (QED) is 0.307. The molecule has 1 fully saturated rings. The molecule has 34 heavy (non-hydrogen) atoms. The van der Waals surface area contributed by atoms with Crippen LogP contribution in [0.15, 0.2) is 72.8 Å². The molecule has 5 rings (SSSR count). The number of ether oxygens (including phenoxy) is 2. The Bertz CT molecular complexity index is 1300. The lowest BCUT2D eigenvalue weighted by Crippen LogP contribution is -2.24. The van der Waals surface area contributed by atoms with Crippen molar-refractivity contribution in [3.05, 3.63) is 83.6 Å². The minimum absolute atomic E-state index is 0.0199. The number of carbonyl (C=O) groups excluding carboxylic acids is 1. The second-order valence-corrected chi connectivity index (χ2v) is 8.75. The highest BCUT2D eigenvalue weighted by Crippen LogP contribution is 2.34. The number of fused-ring (bicyclic) bond motifs is 1. The Kier molecular flexibility index (Phi) is 6.41. The van der Waals surface area contributed by atoms with Gasteiger partial charge in [0.1, 0.15) is 17.3 Å². The van der Waals surface area contributed by atoms with E-state index < -0.39 is 0 Å². The Balaban J connectivity index is 1.34. The molecule has 174 valence electrons. The molecule has 3 aromatic carbocycles. The van der Waals surface area contributed by atoms with Crippen molar-refractivity contribution in [1.29, 1.82) is 0 Å². The van der Waals surface area contributed by atoms with E-state index in [0.717, 1.165) is 41.3 Å². The number of nitrogens with zero attached hydrogens (tertiary/aromatic N) is 3. The van der Waals surface area contributed by atoms with Crippen LogP contribution >= 0.6 is 11.6 Å². The number of methoxy groups -OCH3 is 1. The molecular formula is C27H26ClN3O3. The van der Waals surface area contributed by atoms with E-state index >= 15 is 0 Å². The van der Waals surface area contributed by atoms with Crippen molar-refractivity contribution < 1.29 is 14.3 Å². The molecule has 0 radical (unpaired) electrons. The summed E-state index contributed by atoms with van der Waals surface area (Å²) < 4.78 is 13.4. The number of para-hydroxylation sites is 3. The molecule has 2 heterocycles. The minimum Gasteiger partial charge on any atom is -0.497 e. The molecule has 1 saturated heterocycles. The number of hydrogen-bond donors (Lipinski definition) is 0. The summed E-state index contributed by atoms with van der Waals surface area (Å²) >= 11 is 6.20. The van der Waals surface area contributed by atoms with Gasteiger partial charge in [-0.1, -0.05) is 35.9 Å². The highest BCUT2D eigenvalue weighted by atomic mass is 35.5. The van der Waals surface area contributed by atoms with Crippen LogP contribution < -0.4 is 14.4 Å². The van der Waals surface area contributed by atoms with Gasteiger partial charge >= 0.3 is 0 Å². The first-order valence-corrected chi connectivity index (χ1v) is 11.8. The van der Waals surface area contributed by atoms with Crippen LogP contribution in [0.5, 0.6) is 11.5 Å². The topological polar surface area (TPSA) is 56.6 Å². The zero-order valence-electron chi connectivity index (χ0n) is 19.0. The predicted molar refractivity (Wildman–Crippen MR) is 134 cm³/mol. The van der Waals surface area contributed by atoms with E-state index in [0.29, 0.717) is 30.3 Å². The maximum atomic E-state index is 12.9. The predicted octanol–water partition coefficient (Wildman–Crippen LogP) is 5.69. The van der Waals surface area contributed by atoms with Gasteiger partial charge in [-0.25, -0.2) is 4.98 Å². The summed E-state index contributed by atoms with van der Waals surface area (Å²) in [6, 6.07) is 23.2. The maximum Gasteiger partial charge on any atom is 0.227 e. The molecule has 1 unspecified atom stereocenters. The summed E-state index contributed by atoms with van der Waals surface area (Å²) in [5, 5.41) is 0.611. The Morgan fingerprint density at radius 3 is 2.59 bits per heavy atom. The molecule has 0 saturated carbocycles. The fraction of sp³-hybridized carbons (Fsp3) is 0.259. The van der Waals surface area contributed by atoms with Crippen molar-refractivity contribution in [3.63, 3.8) is 0 Å². The molecular weight excluding hydrogens is 450 g/mol. The van der Waals surface area contributed by atoms with Crippen molar-refractivity contribution >= 4 is 34.2 Å². The van der Waals surface area contributed by atoms with E-state index in [4.69, 9.17) is 26.1 Å². The second kappa shape index (κ2) is 9.77. The van der Waals surface area contributed by atoms with Crippen LogP contribution in [0.2, 0.25) is 5.02 Å². The molecule has 0 bridgehead atoms. The van der Waals surface area contributed by atoms with Crippen molar-refractivity contribution in [3.8, 4) is 11.5 Å². The maximum absolute atomic E-state index is 12.9. The first-order chi connectivity index (χ1) is 16.6. The second-order valence-electron chi connectivity index (χ2n) is 8.35. The number of aryl methyl sites for hydroxylation is 1. The fourth-order valence-electron chi connectivity index (χ4n) is 4.50. The van der Waals surface area contributed by atoms with Gasteiger partial charge in [-0.05, 0) is 55.0 Å². The van der Waals surface area contributed by atoms with E-state index in [1.807, 2.05) is 71.6 Å². The summed E-state index contributed by atoms with van der Waals surface area (Å²) in [6.07, 6.45) is 1.23. The summed E-state index contributed by atoms with van der Waals surface area (Å²) in [6.45, 7) is 1.88. The van der Waals surface area contributed by atoms with E-state index in [2.05, 4.69) is 10.6 Å². The number of benzene rings is 3. The first-order valence-electron chi connectivity index (χ1n) is 11.4. The van der Waals surface area contributed by atoms with Gasteiger partial charge in [0.15, 0.2) is 0 Å². The Labute approximate surface area is 203 Å². The molecule has 1 aliphatic heterocycles. The van der Waals surface area contributed by atoms with E-state index in [-0.39, 0.29) is 11.8 Å². The van der Waals surface area contributed by atoms with Crippen LogP contribution in [0.25, 0.3) is 11.0 Å². The molecule has 7 heteroatoms. The highest BCUT2D eigenvalue weighted by molar-refractivity contribution is 6.32. The number of anilines is 1. The summed E-state index contributed by atoms with van der Waals surface area (Å²) in [7, 11) is 1.63. The molecule has 6 nitrogen and oxygen atoms in total. The van der Waals surface area contributed by atoms with Gasteiger partial charge in [0.05, 0.1) is 29.8 Å². The number of amides is 1. The van der Waals surface area contributed by atoms with Crippen molar-refractivity contribution in [2.45, 2.75) is 25.3 Å². The van der Waals surface area contributed by atoms with Crippen molar-refractivity contribution in [2.24, 2.45) is 0 Å². The van der Waals surface area contributed by atoms with Gasteiger partial charge in [0.2, 0.25) is 5.91 Å². The van der Waals surface area contributed by atoms with Gasteiger partial charge in [0, 0.05) is 31.1 Å². The number of rotatable bonds is 8. The third kappa shape index (κ3) is 4.46. The summed E-state index contributed by atoms with van der Waals surface area (Å²) in [4.78, 5) is 19.7. The zero-order valence-corrected chi connectivity index (χ0v) is 19.7. The summed E-state index contributed by atoms with van der Waals surface area (Å²) in [5.74, 6) is 2.54. The fourth-order valence-corrected chi connectivity index (χ4v) is 4.69. The lowest BCUT2D eigenvalue weighted by atomic mass is 10.1. The molecule has 1 aromatic heterocycles. The smallest absolute Gasteiger partial charge is 0.227 e. The number of imidazole rings is 1. The number of aromatic nitrogens is 2. The Hall–Kier alpha value is -3.51. The van der Waals surface area contributed by atoms with E-state index in [1.165, 1.54) is 0 Å². The normalized spacial score (nSPS) is 15.8. The van der Waals surface area contributed by atoms with Crippen LogP contribution in [0.4, 0.5) is 5.69 Å². The minimum atomic E-state index is 0.0199. The third-order valence-corrected chi connectivity index (χ3v) is 6.49. The number of hydrogen-bond acceptors (Lipinski definition) is 4. The number of halogens is 1. The largest absolute Gasteiger partial charge is 0.497 e. The molecule has 0 aliphatic carbocycles. The van der Waals surface area contributed by atoms with Crippen LogP contribution in [-0.4, -0.2) is 35.7 Å². The van der Waals surface area contributed by atoms with Gasteiger partial charge in [-0.2, -0.15) is 0 Å². The lowest BCUT2D eigenvalue weighted by molar-refractivity contribution is -0.117. The average molecular weight is 476 g/mol. The van der Waals surface area contributed by atoms with Gasteiger partial charge in [0.25, 0.3) is 0 Å². The molecule has 0 spiro atoms. The Morgan fingerprint density at radius 2 is 1.79 bits per heavy atom. The average Bonchev–Trinajstić information content (AvgIpc) is 3.43. The van der Waals surface area contributed by atoms with Crippen LogP contribution in [0.3, 0.4) is 0 Å². The summed E-state index contributed by atoms with van der Waals surface area (Å²) in [5.41, 5.74) is 2.90. The monoisotopic (exact) mass is 475 g/mol. The first kappa shape index (κ1) is 22.3. The van der Waals surface area contributed by atoms with Crippen LogP contribution in [0, 0.1) is 0 Å². The number of carbonyl (C=O) groups is 1. The molecule has 1 atom stereocenters.